The first kappa shape index (κ1) is 32.3. The van der Waals surface area contributed by atoms with E-state index in [-0.39, 0.29) is 23.7 Å². The van der Waals surface area contributed by atoms with Crippen LogP contribution in [0.2, 0.25) is 0 Å². The molecule has 0 aliphatic carbocycles. The number of benzene rings is 3. The second kappa shape index (κ2) is 12.9. The maximum Gasteiger partial charge on any atom is 0.470 e. The standard InChI is InChI=1S/C31H32N5O10P/c1-42-21-12-8-19(9-13-21)31(18-6-4-3-5-7-18,20-10-14-22(43-2)15-11-20)44-16-23-26(46-47(39,40)41)25(37)29(45-23)36-17-33-24-27(36)34-30(32)35-28(24)38/h3-15,17,23,25-26,29,37H,16H2,1-2H3,(H2,39,40,41)(H3,32,34,35,38)/t23-,25-,26-,29-/m1/s1. The van der Waals surface area contributed by atoms with E-state index in [1.165, 1.54) is 10.9 Å². The zero-order valence-corrected chi connectivity index (χ0v) is 26.1. The molecule has 1 saturated heterocycles. The van der Waals surface area contributed by atoms with E-state index in [1.807, 2.05) is 54.6 Å². The van der Waals surface area contributed by atoms with Crippen LogP contribution >= 0.6 is 7.82 Å². The molecule has 47 heavy (non-hydrogen) atoms. The van der Waals surface area contributed by atoms with E-state index in [4.69, 9.17) is 29.2 Å². The summed E-state index contributed by atoms with van der Waals surface area (Å²) in [4.78, 5) is 42.5. The van der Waals surface area contributed by atoms with E-state index >= 15 is 0 Å². The van der Waals surface area contributed by atoms with Crippen molar-refractivity contribution >= 4 is 24.9 Å². The van der Waals surface area contributed by atoms with Crippen molar-refractivity contribution < 1.29 is 42.9 Å². The first-order valence-electron chi connectivity index (χ1n) is 14.3. The summed E-state index contributed by atoms with van der Waals surface area (Å²) in [5.74, 6) is 1.03. The quantitative estimate of drug-likeness (QED) is 0.101. The molecule has 3 heterocycles. The summed E-state index contributed by atoms with van der Waals surface area (Å²) in [6, 6.07) is 23.9. The van der Waals surface area contributed by atoms with Crippen LogP contribution in [0.15, 0.2) is 90.0 Å². The number of nitrogens with one attached hydrogen (secondary N) is 1. The van der Waals surface area contributed by atoms with Gasteiger partial charge in [0.1, 0.15) is 35.4 Å². The van der Waals surface area contributed by atoms with Crippen molar-refractivity contribution in [1.29, 1.82) is 0 Å². The lowest BCUT2D eigenvalue weighted by atomic mass is 9.80. The number of fused-ring (bicyclic) bond motifs is 1. The Labute approximate surface area is 267 Å². The predicted octanol–water partition coefficient (Wildman–Crippen LogP) is 2.46. The summed E-state index contributed by atoms with van der Waals surface area (Å²) >= 11 is 0. The highest BCUT2D eigenvalue weighted by Crippen LogP contribution is 2.46. The summed E-state index contributed by atoms with van der Waals surface area (Å²) < 4.78 is 42.3. The number of aliphatic hydroxyl groups excluding tert-OH is 1. The number of imidazole rings is 1. The fraction of sp³-hybridized carbons (Fsp3) is 0.258. The smallest absolute Gasteiger partial charge is 0.470 e. The first-order valence-corrected chi connectivity index (χ1v) is 15.9. The van der Waals surface area contributed by atoms with Gasteiger partial charge in [-0.05, 0) is 41.0 Å². The number of aromatic nitrogens is 4. The third kappa shape index (κ3) is 6.25. The Kier molecular flexibility index (Phi) is 8.87. The highest BCUT2D eigenvalue weighted by atomic mass is 31.2. The third-order valence-corrected chi connectivity index (χ3v) is 8.45. The number of aromatic amines is 1. The van der Waals surface area contributed by atoms with Gasteiger partial charge >= 0.3 is 7.82 Å². The van der Waals surface area contributed by atoms with Gasteiger partial charge < -0.3 is 39.6 Å². The summed E-state index contributed by atoms with van der Waals surface area (Å²) in [7, 11) is -2.03. The van der Waals surface area contributed by atoms with Gasteiger partial charge in [-0.1, -0.05) is 54.6 Å². The number of aliphatic hydroxyl groups is 1. The molecule has 6 rings (SSSR count). The SMILES string of the molecule is COc1ccc(C(OC[C@H]2O[C@@H](n3cnc4c(=O)[nH]c(N)nc43)[C@H](O)[C@@H]2OP(=O)(O)O)(c2ccccc2)c2ccc(OC)cc2)cc1. The van der Waals surface area contributed by atoms with Crippen LogP contribution in [0.3, 0.4) is 0 Å². The van der Waals surface area contributed by atoms with Gasteiger partial charge in [0.05, 0.1) is 27.2 Å². The van der Waals surface area contributed by atoms with Gasteiger partial charge in [0, 0.05) is 0 Å². The Morgan fingerprint density at radius 2 is 1.53 bits per heavy atom. The normalized spacial score (nSPS) is 20.0. The van der Waals surface area contributed by atoms with Crippen molar-refractivity contribution in [1.82, 2.24) is 19.5 Å². The molecule has 4 atom stereocenters. The summed E-state index contributed by atoms with van der Waals surface area (Å²) in [5, 5.41) is 11.4. The maximum absolute atomic E-state index is 12.4. The van der Waals surface area contributed by atoms with Gasteiger partial charge in [-0.15, -0.1) is 0 Å². The van der Waals surface area contributed by atoms with E-state index < -0.39 is 43.5 Å². The molecule has 1 aliphatic rings. The molecule has 16 heteroatoms. The summed E-state index contributed by atoms with van der Waals surface area (Å²) in [6.07, 6.45) is -4.63. The van der Waals surface area contributed by atoms with E-state index in [2.05, 4.69) is 15.0 Å². The van der Waals surface area contributed by atoms with E-state index in [0.717, 1.165) is 5.56 Å². The van der Waals surface area contributed by atoms with Crippen LogP contribution in [-0.4, -0.2) is 73.6 Å². The van der Waals surface area contributed by atoms with Gasteiger partial charge in [-0.25, -0.2) is 9.55 Å². The molecule has 2 aromatic heterocycles. The maximum atomic E-state index is 12.4. The predicted molar refractivity (Wildman–Crippen MR) is 168 cm³/mol. The highest BCUT2D eigenvalue weighted by Gasteiger charge is 2.50. The van der Waals surface area contributed by atoms with Crippen LogP contribution in [0.5, 0.6) is 11.5 Å². The van der Waals surface area contributed by atoms with E-state index in [9.17, 15) is 24.3 Å². The molecule has 1 fully saturated rings. The van der Waals surface area contributed by atoms with Crippen LogP contribution in [0.1, 0.15) is 22.9 Å². The number of hydrogen-bond donors (Lipinski definition) is 5. The van der Waals surface area contributed by atoms with Crippen molar-refractivity contribution in [3.05, 3.63) is 112 Å². The van der Waals surface area contributed by atoms with Crippen molar-refractivity contribution in [2.24, 2.45) is 0 Å². The van der Waals surface area contributed by atoms with Crippen LogP contribution in [0.4, 0.5) is 5.95 Å². The molecule has 0 saturated carbocycles. The molecule has 3 aromatic carbocycles. The number of H-pyrrole nitrogens is 1. The molecule has 5 aromatic rings. The van der Waals surface area contributed by atoms with Crippen molar-refractivity contribution in [3.63, 3.8) is 0 Å². The molecule has 6 N–H and O–H groups in total. The fourth-order valence-electron chi connectivity index (χ4n) is 5.78. The Bertz CT molecular complexity index is 1900. The van der Waals surface area contributed by atoms with Crippen LogP contribution in [0, 0.1) is 0 Å². The molecule has 1 aliphatic heterocycles. The number of hydrogen-bond acceptors (Lipinski definition) is 11. The number of nitrogen functional groups attached to an aromatic ring is 1. The average molecular weight is 666 g/mol. The van der Waals surface area contributed by atoms with Gasteiger partial charge in [0.15, 0.2) is 17.4 Å². The van der Waals surface area contributed by atoms with Gasteiger partial charge in [0.2, 0.25) is 5.95 Å². The minimum atomic E-state index is -5.15. The van der Waals surface area contributed by atoms with Crippen LogP contribution in [0.25, 0.3) is 11.2 Å². The molecule has 0 unspecified atom stereocenters. The molecular weight excluding hydrogens is 633 g/mol. The van der Waals surface area contributed by atoms with Gasteiger partial charge in [0.25, 0.3) is 5.56 Å². The first-order chi connectivity index (χ1) is 22.5. The van der Waals surface area contributed by atoms with Crippen LogP contribution < -0.4 is 20.8 Å². The topological polar surface area (TPSA) is 213 Å². The Morgan fingerprint density at radius 1 is 0.957 bits per heavy atom. The Morgan fingerprint density at radius 3 is 2.09 bits per heavy atom. The number of rotatable bonds is 11. The number of nitrogens with two attached hydrogens (primary N) is 1. The lowest BCUT2D eigenvalue weighted by molar-refractivity contribution is -0.0935. The minimum Gasteiger partial charge on any atom is -0.497 e. The monoisotopic (exact) mass is 665 g/mol. The fourth-order valence-corrected chi connectivity index (χ4v) is 6.36. The largest absolute Gasteiger partial charge is 0.497 e. The number of phosphoric acid groups is 1. The van der Waals surface area contributed by atoms with Crippen molar-refractivity contribution in [3.8, 4) is 11.5 Å². The zero-order chi connectivity index (χ0) is 33.3. The Balaban J connectivity index is 1.44. The molecule has 0 spiro atoms. The zero-order valence-electron chi connectivity index (χ0n) is 25.2. The number of nitrogens with zero attached hydrogens (tertiary/aromatic N) is 3. The third-order valence-electron chi connectivity index (χ3n) is 7.93. The second-order valence-electron chi connectivity index (χ2n) is 10.7. The minimum absolute atomic E-state index is 0.0121. The number of anilines is 1. The van der Waals surface area contributed by atoms with Crippen molar-refractivity contribution in [2.75, 3.05) is 26.6 Å². The number of phosphoric ester groups is 1. The summed E-state index contributed by atoms with van der Waals surface area (Å²) in [6.45, 7) is -0.339. The molecule has 15 nitrogen and oxygen atoms in total. The Hall–Kier alpha value is -4.60. The van der Waals surface area contributed by atoms with Gasteiger partial charge in [-0.2, -0.15) is 4.98 Å². The highest BCUT2D eigenvalue weighted by molar-refractivity contribution is 7.46. The molecular formula is C31H32N5O10P. The molecule has 0 bridgehead atoms. The summed E-state index contributed by atoms with van der Waals surface area (Å²) in [5.41, 5.74) is 5.83. The molecule has 0 radical (unpaired) electrons. The lowest BCUT2D eigenvalue weighted by Crippen LogP contribution is -2.40. The average Bonchev–Trinajstić information content (AvgIpc) is 3.62. The molecule has 0 amide bonds. The number of ether oxygens (including phenoxy) is 4. The van der Waals surface area contributed by atoms with E-state index in [1.54, 1.807) is 38.5 Å². The number of methoxy groups -OCH3 is 2. The lowest BCUT2D eigenvalue weighted by Gasteiger charge is -2.37. The van der Waals surface area contributed by atoms with E-state index in [0.29, 0.717) is 22.6 Å². The molecule has 246 valence electrons. The van der Waals surface area contributed by atoms with Crippen molar-refractivity contribution in [2.45, 2.75) is 30.1 Å². The van der Waals surface area contributed by atoms with Crippen LogP contribution in [-0.2, 0) is 24.2 Å². The van der Waals surface area contributed by atoms with Gasteiger partial charge in [-0.3, -0.25) is 18.9 Å². The second-order valence-corrected chi connectivity index (χ2v) is 11.9.